The first-order valence-electron chi connectivity index (χ1n) is 9.77. The number of rotatable bonds is 5. The predicted molar refractivity (Wildman–Crippen MR) is 115 cm³/mol. The van der Waals surface area contributed by atoms with Crippen molar-refractivity contribution in [2.24, 2.45) is 0 Å². The van der Waals surface area contributed by atoms with Gasteiger partial charge >= 0.3 is 5.69 Å². The van der Waals surface area contributed by atoms with Crippen LogP contribution in [0.4, 0.5) is 0 Å². The lowest BCUT2D eigenvalue weighted by Gasteiger charge is -2.06. The second kappa shape index (κ2) is 7.44. The molecule has 148 valence electrons. The van der Waals surface area contributed by atoms with Gasteiger partial charge in [-0.25, -0.2) is 14.5 Å². The molecule has 0 aliphatic heterocycles. The molecule has 5 rings (SSSR count). The van der Waals surface area contributed by atoms with Gasteiger partial charge in [0.05, 0.1) is 23.3 Å². The number of hydrogen-bond donors (Lipinski definition) is 2. The van der Waals surface area contributed by atoms with Crippen LogP contribution in [0.2, 0.25) is 0 Å². The number of nitrogens with one attached hydrogen (secondary N) is 2. The fourth-order valence-corrected chi connectivity index (χ4v) is 3.64. The minimum absolute atomic E-state index is 0.242. The van der Waals surface area contributed by atoms with Crippen molar-refractivity contribution in [1.29, 1.82) is 0 Å². The maximum Gasteiger partial charge on any atom is 0.323 e. The lowest BCUT2D eigenvalue weighted by molar-refractivity contribution is 0.669. The van der Waals surface area contributed by atoms with Crippen LogP contribution in [-0.2, 0) is 13.0 Å². The summed E-state index contributed by atoms with van der Waals surface area (Å²) in [7, 11) is 0. The zero-order chi connectivity index (χ0) is 20.5. The van der Waals surface area contributed by atoms with Crippen LogP contribution in [0.25, 0.3) is 22.4 Å². The summed E-state index contributed by atoms with van der Waals surface area (Å²) in [5.74, 6) is 1.43. The molecule has 0 amide bonds. The van der Waals surface area contributed by atoms with Crippen molar-refractivity contribution >= 4 is 11.0 Å². The Hall–Kier alpha value is -4.00. The van der Waals surface area contributed by atoms with Gasteiger partial charge in [-0.3, -0.25) is 4.98 Å². The van der Waals surface area contributed by atoms with Gasteiger partial charge in [0.25, 0.3) is 0 Å². The fourth-order valence-electron chi connectivity index (χ4n) is 3.64. The molecule has 30 heavy (non-hydrogen) atoms. The van der Waals surface area contributed by atoms with E-state index >= 15 is 0 Å². The summed E-state index contributed by atoms with van der Waals surface area (Å²) >= 11 is 0. The number of aryl methyl sites for hydroxylation is 1. The number of fused-ring (bicyclic) bond motifs is 1. The molecule has 5 aromatic rings. The Balaban J connectivity index is 1.63. The molecule has 0 radical (unpaired) electrons. The molecule has 0 bridgehead atoms. The third-order valence-electron chi connectivity index (χ3n) is 5.16. The molecule has 0 aliphatic carbocycles. The molecule has 0 unspecified atom stereocenters. The summed E-state index contributed by atoms with van der Waals surface area (Å²) in [5.41, 5.74) is 5.33. The molecule has 3 heterocycles. The van der Waals surface area contributed by atoms with Crippen molar-refractivity contribution in [3.8, 4) is 11.4 Å². The van der Waals surface area contributed by atoms with Crippen molar-refractivity contribution < 1.29 is 0 Å². The molecule has 0 fully saturated rings. The largest absolute Gasteiger partial charge is 0.323 e. The van der Waals surface area contributed by atoms with Gasteiger partial charge in [0.2, 0.25) is 0 Å². The predicted octanol–water partition coefficient (Wildman–Crippen LogP) is 3.46. The van der Waals surface area contributed by atoms with Gasteiger partial charge in [-0.05, 0) is 42.3 Å². The van der Waals surface area contributed by atoms with Gasteiger partial charge < -0.3 is 9.97 Å². The first-order valence-corrected chi connectivity index (χ1v) is 9.77. The Kier molecular flexibility index (Phi) is 4.48. The highest BCUT2D eigenvalue weighted by Crippen LogP contribution is 2.25. The van der Waals surface area contributed by atoms with E-state index in [0.29, 0.717) is 18.8 Å². The summed E-state index contributed by atoms with van der Waals surface area (Å²) in [4.78, 5) is 26.8. The van der Waals surface area contributed by atoms with Gasteiger partial charge in [-0.15, -0.1) is 0 Å². The van der Waals surface area contributed by atoms with E-state index in [9.17, 15) is 4.79 Å². The van der Waals surface area contributed by atoms with Gasteiger partial charge in [0.15, 0.2) is 11.6 Å². The zero-order valence-corrected chi connectivity index (χ0v) is 16.5. The molecule has 2 aromatic carbocycles. The Morgan fingerprint density at radius 3 is 2.67 bits per heavy atom. The molecule has 7 heteroatoms. The lowest BCUT2D eigenvalue weighted by atomic mass is 10.1. The number of imidazole rings is 1. The Morgan fingerprint density at radius 2 is 1.83 bits per heavy atom. The maximum atomic E-state index is 11.9. The third kappa shape index (κ3) is 3.41. The van der Waals surface area contributed by atoms with Crippen LogP contribution in [0.1, 0.15) is 22.6 Å². The number of pyridine rings is 1. The molecule has 0 saturated heterocycles. The minimum Gasteiger partial charge on any atom is -0.306 e. The molecule has 0 spiro atoms. The summed E-state index contributed by atoms with van der Waals surface area (Å²) in [6.45, 7) is 2.58. The molecule has 0 aliphatic rings. The van der Waals surface area contributed by atoms with E-state index in [1.165, 1.54) is 11.1 Å². The SMILES string of the molecule is Cc1ccccc1Cc1nc(-c2cccc3[nH]c(=O)[nH]c23)n(Cc2ccccn2)n1. The van der Waals surface area contributed by atoms with E-state index in [-0.39, 0.29) is 5.69 Å². The normalized spacial score (nSPS) is 11.2. The van der Waals surface area contributed by atoms with Gasteiger partial charge in [-0.2, -0.15) is 5.10 Å². The molecule has 0 saturated carbocycles. The van der Waals surface area contributed by atoms with E-state index < -0.39 is 0 Å². The smallest absolute Gasteiger partial charge is 0.306 e. The Bertz CT molecular complexity index is 1380. The Labute approximate surface area is 172 Å². The first-order chi connectivity index (χ1) is 14.7. The van der Waals surface area contributed by atoms with E-state index in [4.69, 9.17) is 10.1 Å². The number of H-pyrrole nitrogens is 2. The van der Waals surface area contributed by atoms with Gasteiger partial charge in [0, 0.05) is 18.2 Å². The van der Waals surface area contributed by atoms with Crippen molar-refractivity contribution in [1.82, 2.24) is 29.7 Å². The van der Waals surface area contributed by atoms with Crippen LogP contribution in [0.3, 0.4) is 0 Å². The van der Waals surface area contributed by atoms with Crippen LogP contribution in [0.15, 0.2) is 71.7 Å². The quantitative estimate of drug-likeness (QED) is 0.476. The molecule has 3 aromatic heterocycles. The van der Waals surface area contributed by atoms with Crippen LogP contribution < -0.4 is 5.69 Å². The number of benzene rings is 2. The molecular weight excluding hydrogens is 376 g/mol. The number of aromatic amines is 2. The van der Waals surface area contributed by atoms with E-state index in [0.717, 1.165) is 28.1 Å². The summed E-state index contributed by atoms with van der Waals surface area (Å²) in [6, 6.07) is 19.8. The number of aromatic nitrogens is 6. The average molecular weight is 396 g/mol. The number of nitrogens with zero attached hydrogens (tertiary/aromatic N) is 4. The maximum absolute atomic E-state index is 11.9. The third-order valence-corrected chi connectivity index (χ3v) is 5.16. The monoisotopic (exact) mass is 396 g/mol. The molecule has 7 nitrogen and oxygen atoms in total. The topological polar surface area (TPSA) is 92.2 Å². The highest BCUT2D eigenvalue weighted by Gasteiger charge is 2.17. The summed E-state index contributed by atoms with van der Waals surface area (Å²) in [6.07, 6.45) is 2.40. The van der Waals surface area contributed by atoms with Crippen LogP contribution >= 0.6 is 0 Å². The standard InChI is InChI=1S/C23H20N6O/c1-15-7-2-3-8-16(15)13-20-26-22(29(28-20)14-17-9-4-5-12-24-17)18-10-6-11-19-21(18)27-23(30)25-19/h2-12H,13-14H2,1H3,(H2,25,27,30). The average Bonchev–Trinajstić information content (AvgIpc) is 3.32. The van der Waals surface area contributed by atoms with Gasteiger partial charge in [-0.1, -0.05) is 36.4 Å². The van der Waals surface area contributed by atoms with Crippen molar-refractivity contribution in [3.63, 3.8) is 0 Å². The van der Waals surface area contributed by atoms with E-state index in [1.54, 1.807) is 6.20 Å². The highest BCUT2D eigenvalue weighted by atomic mass is 16.1. The molecule has 0 atom stereocenters. The van der Waals surface area contributed by atoms with Crippen molar-refractivity contribution in [3.05, 3.63) is 100.0 Å². The number of hydrogen-bond acceptors (Lipinski definition) is 4. The summed E-state index contributed by atoms with van der Waals surface area (Å²) < 4.78 is 1.86. The minimum atomic E-state index is -0.242. The van der Waals surface area contributed by atoms with E-state index in [1.807, 2.05) is 53.2 Å². The van der Waals surface area contributed by atoms with Crippen LogP contribution in [0, 0.1) is 6.92 Å². The van der Waals surface area contributed by atoms with Gasteiger partial charge in [0.1, 0.15) is 0 Å². The van der Waals surface area contributed by atoms with E-state index in [2.05, 4.69) is 34.0 Å². The fraction of sp³-hybridized carbons (Fsp3) is 0.130. The van der Waals surface area contributed by atoms with Crippen LogP contribution in [0.5, 0.6) is 0 Å². The van der Waals surface area contributed by atoms with Crippen LogP contribution in [-0.4, -0.2) is 29.7 Å². The zero-order valence-electron chi connectivity index (χ0n) is 16.5. The van der Waals surface area contributed by atoms with Crippen molar-refractivity contribution in [2.45, 2.75) is 19.9 Å². The number of para-hydroxylation sites is 1. The van der Waals surface area contributed by atoms with Crippen molar-refractivity contribution in [2.75, 3.05) is 0 Å². The molecule has 2 N–H and O–H groups in total. The lowest BCUT2D eigenvalue weighted by Crippen LogP contribution is -2.06. The molecular formula is C23H20N6O. The Morgan fingerprint density at radius 1 is 0.967 bits per heavy atom. The second-order valence-electron chi connectivity index (χ2n) is 7.24. The first kappa shape index (κ1) is 18.1. The second-order valence-corrected chi connectivity index (χ2v) is 7.24. The summed E-state index contributed by atoms with van der Waals surface area (Å²) in [5, 5.41) is 4.80. The highest BCUT2D eigenvalue weighted by molar-refractivity contribution is 5.89.